The van der Waals surface area contributed by atoms with Crippen LogP contribution in [0.1, 0.15) is 31.7 Å². The molecule has 3 heterocycles. The molecule has 0 saturated heterocycles. The lowest BCUT2D eigenvalue weighted by Gasteiger charge is -2.24. The molecule has 0 amide bonds. The zero-order chi connectivity index (χ0) is 16.5. The van der Waals surface area contributed by atoms with Crippen molar-refractivity contribution >= 4 is 11.0 Å². The molecule has 3 atom stereocenters. The van der Waals surface area contributed by atoms with E-state index in [9.17, 15) is 10.4 Å². The summed E-state index contributed by atoms with van der Waals surface area (Å²) in [5.74, 6) is 0.0992. The van der Waals surface area contributed by atoms with E-state index in [-0.39, 0.29) is 18.1 Å². The minimum absolute atomic E-state index is 0.0789. The van der Waals surface area contributed by atoms with E-state index in [4.69, 9.17) is 0 Å². The number of aliphatic hydroxyl groups is 1. The standard InChI is InChI=1S/C18H19N5O/c19-7-4-16(15-2-1-3-17(15)24)23-11-12(10-22-23)13-5-8-20-18-14(13)6-9-21-18/h5-6,8-11,15-17,24H,1-4H2,(H,20,21)/t15?,16-,17?/m1/s1. The fraction of sp³-hybridized carbons (Fsp3) is 0.389. The third-order valence-electron chi connectivity index (χ3n) is 5.04. The molecule has 0 bridgehead atoms. The average Bonchev–Trinajstić information content (AvgIpc) is 3.32. The Morgan fingerprint density at radius 3 is 3.12 bits per heavy atom. The number of nitriles is 1. The number of hydrogen-bond donors (Lipinski definition) is 2. The number of nitrogens with zero attached hydrogens (tertiary/aromatic N) is 4. The van der Waals surface area contributed by atoms with Crippen molar-refractivity contribution in [1.82, 2.24) is 19.7 Å². The van der Waals surface area contributed by atoms with Gasteiger partial charge in [-0.25, -0.2) is 4.98 Å². The summed E-state index contributed by atoms with van der Waals surface area (Å²) in [6.45, 7) is 0. The van der Waals surface area contributed by atoms with Crippen LogP contribution < -0.4 is 0 Å². The summed E-state index contributed by atoms with van der Waals surface area (Å²) in [7, 11) is 0. The van der Waals surface area contributed by atoms with Gasteiger partial charge in [0.2, 0.25) is 0 Å². The molecule has 0 radical (unpaired) electrons. The summed E-state index contributed by atoms with van der Waals surface area (Å²) in [5, 5.41) is 25.0. The maximum absolute atomic E-state index is 10.2. The van der Waals surface area contributed by atoms with Crippen LogP contribution in [0.15, 0.2) is 36.9 Å². The number of nitrogens with one attached hydrogen (secondary N) is 1. The topological polar surface area (TPSA) is 90.5 Å². The van der Waals surface area contributed by atoms with Gasteiger partial charge in [-0.1, -0.05) is 6.42 Å². The summed E-state index contributed by atoms with van der Waals surface area (Å²) >= 11 is 0. The van der Waals surface area contributed by atoms with Gasteiger partial charge in [0.1, 0.15) is 5.65 Å². The lowest BCUT2D eigenvalue weighted by Crippen LogP contribution is -2.26. The summed E-state index contributed by atoms with van der Waals surface area (Å²) in [6, 6.07) is 6.15. The third kappa shape index (κ3) is 2.47. The van der Waals surface area contributed by atoms with Crippen molar-refractivity contribution in [1.29, 1.82) is 5.26 Å². The normalized spacial score (nSPS) is 21.8. The van der Waals surface area contributed by atoms with Crippen LogP contribution in [0.3, 0.4) is 0 Å². The first-order chi connectivity index (χ1) is 11.8. The monoisotopic (exact) mass is 321 g/mol. The van der Waals surface area contributed by atoms with Crippen LogP contribution in [-0.4, -0.2) is 31.0 Å². The molecule has 1 saturated carbocycles. The smallest absolute Gasteiger partial charge is 0.137 e. The van der Waals surface area contributed by atoms with E-state index < -0.39 is 0 Å². The summed E-state index contributed by atoms with van der Waals surface area (Å²) in [4.78, 5) is 7.43. The summed E-state index contributed by atoms with van der Waals surface area (Å²) in [5.41, 5.74) is 2.91. The minimum atomic E-state index is -0.340. The van der Waals surface area contributed by atoms with Crippen LogP contribution in [0, 0.1) is 17.2 Å². The van der Waals surface area contributed by atoms with E-state index >= 15 is 0 Å². The highest BCUT2D eigenvalue weighted by Gasteiger charge is 2.34. The van der Waals surface area contributed by atoms with Crippen LogP contribution in [-0.2, 0) is 0 Å². The number of rotatable bonds is 4. The Labute approximate surface area is 139 Å². The zero-order valence-corrected chi connectivity index (χ0v) is 13.3. The van der Waals surface area contributed by atoms with Crippen molar-refractivity contribution in [2.24, 2.45) is 5.92 Å². The Morgan fingerprint density at radius 1 is 1.42 bits per heavy atom. The Morgan fingerprint density at radius 2 is 2.33 bits per heavy atom. The lowest BCUT2D eigenvalue weighted by molar-refractivity contribution is 0.0977. The molecule has 4 rings (SSSR count). The van der Waals surface area contributed by atoms with Gasteiger partial charge in [0, 0.05) is 35.5 Å². The molecule has 6 heteroatoms. The molecule has 1 fully saturated rings. The lowest BCUT2D eigenvalue weighted by atomic mass is 9.94. The molecular weight excluding hydrogens is 302 g/mol. The van der Waals surface area contributed by atoms with Crippen LogP contribution in [0.4, 0.5) is 0 Å². The van der Waals surface area contributed by atoms with Crippen molar-refractivity contribution in [2.75, 3.05) is 0 Å². The second kappa shape index (κ2) is 6.10. The molecule has 122 valence electrons. The molecular formula is C18H19N5O. The molecule has 0 aliphatic heterocycles. The minimum Gasteiger partial charge on any atom is -0.393 e. The first-order valence-electron chi connectivity index (χ1n) is 8.29. The van der Waals surface area contributed by atoms with Gasteiger partial charge < -0.3 is 10.1 Å². The first-order valence-corrected chi connectivity index (χ1v) is 8.29. The molecule has 6 nitrogen and oxygen atoms in total. The number of H-pyrrole nitrogens is 1. The van der Waals surface area contributed by atoms with E-state index in [1.807, 2.05) is 35.4 Å². The second-order valence-corrected chi connectivity index (χ2v) is 6.40. The SMILES string of the molecule is N#CC[C@H](C1CCCC1O)n1cc(-c2ccnc3[nH]ccc23)cn1. The van der Waals surface area contributed by atoms with E-state index in [0.717, 1.165) is 41.4 Å². The van der Waals surface area contributed by atoms with E-state index in [1.165, 1.54) is 0 Å². The van der Waals surface area contributed by atoms with Crippen molar-refractivity contribution in [3.05, 3.63) is 36.9 Å². The van der Waals surface area contributed by atoms with E-state index in [2.05, 4.69) is 21.1 Å². The van der Waals surface area contributed by atoms with Gasteiger partial charge >= 0.3 is 0 Å². The van der Waals surface area contributed by atoms with Crippen LogP contribution in [0.25, 0.3) is 22.2 Å². The quantitative estimate of drug-likeness (QED) is 0.772. The summed E-state index contributed by atoms with van der Waals surface area (Å²) in [6.07, 6.45) is 10.2. The predicted octanol–water partition coefficient (Wildman–Crippen LogP) is 3.04. The van der Waals surface area contributed by atoms with Crippen LogP contribution >= 0.6 is 0 Å². The van der Waals surface area contributed by atoms with Crippen molar-refractivity contribution in [2.45, 2.75) is 37.8 Å². The average molecular weight is 321 g/mol. The van der Waals surface area contributed by atoms with Crippen molar-refractivity contribution in [3.63, 3.8) is 0 Å². The first kappa shape index (κ1) is 14.9. The van der Waals surface area contributed by atoms with Gasteiger partial charge in [-0.15, -0.1) is 0 Å². The van der Waals surface area contributed by atoms with Gasteiger partial charge in [0.15, 0.2) is 0 Å². The Balaban J connectivity index is 1.70. The molecule has 0 spiro atoms. The number of hydrogen-bond acceptors (Lipinski definition) is 4. The number of aromatic amines is 1. The fourth-order valence-corrected chi connectivity index (χ4v) is 3.82. The Hall–Kier alpha value is -2.65. The van der Waals surface area contributed by atoms with E-state index in [1.54, 1.807) is 6.20 Å². The zero-order valence-electron chi connectivity index (χ0n) is 13.3. The maximum atomic E-state index is 10.2. The Kier molecular flexibility index (Phi) is 3.79. The molecule has 3 aromatic heterocycles. The van der Waals surface area contributed by atoms with Gasteiger partial charge in [0.25, 0.3) is 0 Å². The van der Waals surface area contributed by atoms with E-state index in [0.29, 0.717) is 6.42 Å². The molecule has 0 aromatic carbocycles. The molecule has 2 unspecified atom stereocenters. The molecule has 1 aliphatic rings. The number of fused-ring (bicyclic) bond motifs is 1. The van der Waals surface area contributed by atoms with Gasteiger partial charge in [0.05, 0.1) is 30.8 Å². The van der Waals surface area contributed by atoms with Crippen LogP contribution in [0.2, 0.25) is 0 Å². The summed E-state index contributed by atoms with van der Waals surface area (Å²) < 4.78 is 1.86. The van der Waals surface area contributed by atoms with Gasteiger partial charge in [-0.3, -0.25) is 4.68 Å². The number of aliphatic hydroxyl groups excluding tert-OH is 1. The number of pyridine rings is 1. The Bertz CT molecular complexity index is 890. The molecule has 24 heavy (non-hydrogen) atoms. The highest BCUT2D eigenvalue weighted by Crippen LogP contribution is 2.37. The number of aromatic nitrogens is 4. The van der Waals surface area contributed by atoms with Gasteiger partial charge in [-0.2, -0.15) is 10.4 Å². The van der Waals surface area contributed by atoms with Crippen LogP contribution in [0.5, 0.6) is 0 Å². The highest BCUT2D eigenvalue weighted by molar-refractivity contribution is 5.92. The maximum Gasteiger partial charge on any atom is 0.137 e. The third-order valence-corrected chi connectivity index (χ3v) is 5.04. The molecule has 3 aromatic rings. The fourth-order valence-electron chi connectivity index (χ4n) is 3.82. The second-order valence-electron chi connectivity index (χ2n) is 6.40. The van der Waals surface area contributed by atoms with Gasteiger partial charge in [-0.05, 0) is 30.5 Å². The highest BCUT2D eigenvalue weighted by atomic mass is 16.3. The van der Waals surface area contributed by atoms with Crippen molar-refractivity contribution < 1.29 is 5.11 Å². The predicted molar refractivity (Wildman–Crippen MR) is 89.9 cm³/mol. The van der Waals surface area contributed by atoms with Crippen molar-refractivity contribution in [3.8, 4) is 17.2 Å². The largest absolute Gasteiger partial charge is 0.393 e. The molecule has 2 N–H and O–H groups in total. The molecule has 1 aliphatic carbocycles.